The Kier molecular flexibility index (Phi) is 5.49. The van der Waals surface area contributed by atoms with Crippen LogP contribution in [0.4, 0.5) is 11.8 Å². The third-order valence-electron chi connectivity index (χ3n) is 4.27. The molecule has 0 saturated carbocycles. The molecule has 0 aromatic carbocycles. The summed E-state index contributed by atoms with van der Waals surface area (Å²) in [6, 6.07) is 4.23. The Bertz CT molecular complexity index is 652. The van der Waals surface area contributed by atoms with E-state index in [-0.39, 0.29) is 18.6 Å². The number of thiophene rings is 1. The molecule has 3 heterocycles. The van der Waals surface area contributed by atoms with E-state index in [0.717, 1.165) is 38.4 Å². The van der Waals surface area contributed by atoms with Crippen molar-refractivity contribution in [3.05, 3.63) is 28.5 Å². The molecule has 3 rings (SSSR count). The maximum Gasteiger partial charge on any atom is 0.225 e. The molecule has 0 bridgehead atoms. The molecule has 2 aromatic rings. The summed E-state index contributed by atoms with van der Waals surface area (Å²) in [5, 5.41) is 13.7. The maximum atomic E-state index is 9.44. The molecular weight excluding hydrogens is 326 g/mol. The molecule has 2 aromatic heterocycles. The van der Waals surface area contributed by atoms with E-state index in [9.17, 15) is 5.11 Å². The van der Waals surface area contributed by atoms with Gasteiger partial charge in [-0.1, -0.05) is 0 Å². The number of anilines is 2. The average Bonchev–Trinajstić information content (AvgIpc) is 3.09. The zero-order chi connectivity index (χ0) is 16.9. The van der Waals surface area contributed by atoms with Crippen LogP contribution < -0.4 is 15.4 Å². The van der Waals surface area contributed by atoms with E-state index < -0.39 is 0 Å². The van der Waals surface area contributed by atoms with Gasteiger partial charge in [-0.3, -0.25) is 4.90 Å². The highest BCUT2D eigenvalue weighted by molar-refractivity contribution is 7.07. The van der Waals surface area contributed by atoms with Gasteiger partial charge in [0.2, 0.25) is 11.8 Å². The molecule has 7 nitrogen and oxygen atoms in total. The van der Waals surface area contributed by atoms with E-state index in [4.69, 9.17) is 10.5 Å². The molecule has 0 amide bonds. The Morgan fingerprint density at radius 1 is 1.42 bits per heavy atom. The van der Waals surface area contributed by atoms with E-state index in [1.54, 1.807) is 24.5 Å². The number of ether oxygens (including phenoxy) is 1. The lowest BCUT2D eigenvalue weighted by Crippen LogP contribution is -2.53. The summed E-state index contributed by atoms with van der Waals surface area (Å²) in [5.41, 5.74) is 7.10. The second-order valence-corrected chi connectivity index (χ2v) is 6.62. The van der Waals surface area contributed by atoms with Gasteiger partial charge in [0.25, 0.3) is 0 Å². The Balaban J connectivity index is 1.73. The van der Waals surface area contributed by atoms with E-state index in [1.807, 2.05) is 0 Å². The molecule has 1 fully saturated rings. The van der Waals surface area contributed by atoms with Crippen LogP contribution in [0.25, 0.3) is 0 Å². The van der Waals surface area contributed by atoms with Crippen LogP contribution in [0.3, 0.4) is 0 Å². The van der Waals surface area contributed by atoms with Gasteiger partial charge in [-0.15, -0.1) is 0 Å². The number of aliphatic hydroxyl groups is 1. The zero-order valence-corrected chi connectivity index (χ0v) is 14.6. The van der Waals surface area contributed by atoms with Crippen LogP contribution >= 0.6 is 11.3 Å². The Labute approximate surface area is 145 Å². The van der Waals surface area contributed by atoms with E-state index in [1.165, 1.54) is 5.56 Å². The number of nitrogens with two attached hydrogens (primary N) is 1. The van der Waals surface area contributed by atoms with Gasteiger partial charge in [0, 0.05) is 44.9 Å². The SMILES string of the molecule is COc1cc(N2CCN(Cc3ccsc3)[C@H](CCO)C2)nc(N)n1. The zero-order valence-electron chi connectivity index (χ0n) is 13.8. The highest BCUT2D eigenvalue weighted by Crippen LogP contribution is 2.24. The number of hydrogen-bond acceptors (Lipinski definition) is 8. The van der Waals surface area contributed by atoms with Crippen molar-refractivity contribution in [2.24, 2.45) is 0 Å². The fourth-order valence-electron chi connectivity index (χ4n) is 3.05. The topological polar surface area (TPSA) is 87.7 Å². The second-order valence-electron chi connectivity index (χ2n) is 5.84. The predicted molar refractivity (Wildman–Crippen MR) is 95.4 cm³/mol. The minimum Gasteiger partial charge on any atom is -0.481 e. The van der Waals surface area contributed by atoms with Gasteiger partial charge < -0.3 is 20.5 Å². The monoisotopic (exact) mass is 349 g/mol. The third-order valence-corrected chi connectivity index (χ3v) is 5.00. The molecule has 8 heteroatoms. The first-order chi connectivity index (χ1) is 11.7. The molecule has 1 saturated heterocycles. The Morgan fingerprint density at radius 3 is 3.00 bits per heavy atom. The number of nitrogens with zero attached hydrogens (tertiary/aromatic N) is 4. The minimum atomic E-state index is 0.174. The van der Waals surface area contributed by atoms with Crippen LogP contribution in [-0.4, -0.2) is 59.4 Å². The molecule has 0 aliphatic carbocycles. The predicted octanol–water partition coefficient (Wildman–Crippen LogP) is 1.20. The number of rotatable bonds is 6. The van der Waals surface area contributed by atoms with Gasteiger partial charge in [0.1, 0.15) is 5.82 Å². The van der Waals surface area contributed by atoms with Gasteiger partial charge >= 0.3 is 0 Å². The quantitative estimate of drug-likeness (QED) is 0.810. The summed E-state index contributed by atoms with van der Waals surface area (Å²) in [5.74, 6) is 1.46. The molecule has 1 aliphatic heterocycles. The van der Waals surface area contributed by atoms with E-state index >= 15 is 0 Å². The van der Waals surface area contributed by atoms with Crippen molar-refractivity contribution in [3.63, 3.8) is 0 Å². The van der Waals surface area contributed by atoms with Crippen molar-refractivity contribution in [2.45, 2.75) is 19.0 Å². The molecule has 1 aliphatic rings. The van der Waals surface area contributed by atoms with Gasteiger partial charge in [-0.05, 0) is 28.8 Å². The maximum absolute atomic E-state index is 9.44. The number of methoxy groups -OCH3 is 1. The van der Waals surface area contributed by atoms with E-state index in [2.05, 4.69) is 36.6 Å². The first-order valence-electron chi connectivity index (χ1n) is 7.99. The van der Waals surface area contributed by atoms with Crippen molar-refractivity contribution in [1.29, 1.82) is 0 Å². The number of aliphatic hydroxyl groups excluding tert-OH is 1. The van der Waals surface area contributed by atoms with Crippen LogP contribution in [0.1, 0.15) is 12.0 Å². The summed E-state index contributed by atoms with van der Waals surface area (Å²) < 4.78 is 5.19. The second kappa shape index (κ2) is 7.78. The van der Waals surface area contributed by atoms with Crippen LogP contribution in [0.15, 0.2) is 22.9 Å². The summed E-state index contributed by atoms with van der Waals surface area (Å²) >= 11 is 1.71. The number of nitrogen functional groups attached to an aromatic ring is 1. The van der Waals surface area contributed by atoms with Gasteiger partial charge in [0.15, 0.2) is 0 Å². The van der Waals surface area contributed by atoms with Crippen molar-refractivity contribution in [3.8, 4) is 5.88 Å². The lowest BCUT2D eigenvalue weighted by molar-refractivity contribution is 0.135. The standard InChI is InChI=1S/C16H23N5O2S/c1-23-15-8-14(18-16(17)19-15)21-5-4-20(13(10-21)2-6-22)9-12-3-7-24-11-12/h3,7-8,11,13,22H,2,4-6,9-10H2,1H3,(H2,17,18,19)/t13-/m1/s1. The molecule has 24 heavy (non-hydrogen) atoms. The lowest BCUT2D eigenvalue weighted by atomic mass is 10.1. The van der Waals surface area contributed by atoms with Crippen LogP contribution in [0.2, 0.25) is 0 Å². The Morgan fingerprint density at radius 2 is 2.29 bits per heavy atom. The summed E-state index contributed by atoms with van der Waals surface area (Å²) in [6.07, 6.45) is 0.734. The smallest absolute Gasteiger partial charge is 0.225 e. The van der Waals surface area contributed by atoms with Gasteiger partial charge in [-0.25, -0.2) is 0 Å². The molecular formula is C16H23N5O2S. The molecule has 0 unspecified atom stereocenters. The fourth-order valence-corrected chi connectivity index (χ4v) is 3.71. The third kappa shape index (κ3) is 3.95. The normalized spacial score (nSPS) is 18.8. The summed E-state index contributed by atoms with van der Waals surface area (Å²) in [7, 11) is 1.57. The first-order valence-corrected chi connectivity index (χ1v) is 8.93. The average molecular weight is 349 g/mol. The molecule has 1 atom stereocenters. The highest BCUT2D eigenvalue weighted by Gasteiger charge is 2.28. The Hall–Kier alpha value is -1.90. The minimum absolute atomic E-state index is 0.174. The van der Waals surface area contributed by atoms with Crippen LogP contribution in [0, 0.1) is 0 Å². The molecule has 130 valence electrons. The van der Waals surface area contributed by atoms with Gasteiger partial charge in [0.05, 0.1) is 7.11 Å². The number of aromatic nitrogens is 2. The molecule has 0 radical (unpaired) electrons. The molecule has 0 spiro atoms. The first kappa shape index (κ1) is 16.9. The van der Waals surface area contributed by atoms with Crippen LogP contribution in [-0.2, 0) is 6.54 Å². The number of piperazine rings is 1. The summed E-state index contributed by atoms with van der Waals surface area (Å²) in [6.45, 7) is 3.65. The lowest BCUT2D eigenvalue weighted by Gasteiger charge is -2.41. The van der Waals surface area contributed by atoms with Crippen molar-refractivity contribution >= 4 is 23.1 Å². The van der Waals surface area contributed by atoms with Gasteiger partial charge in [-0.2, -0.15) is 21.3 Å². The van der Waals surface area contributed by atoms with Crippen LogP contribution in [0.5, 0.6) is 5.88 Å². The largest absolute Gasteiger partial charge is 0.481 e. The fraction of sp³-hybridized carbons (Fsp3) is 0.500. The van der Waals surface area contributed by atoms with Crippen molar-refractivity contribution < 1.29 is 9.84 Å². The summed E-state index contributed by atoms with van der Waals surface area (Å²) in [4.78, 5) is 13.0. The van der Waals surface area contributed by atoms with E-state index in [0.29, 0.717) is 5.88 Å². The van der Waals surface area contributed by atoms with Crippen molar-refractivity contribution in [1.82, 2.24) is 14.9 Å². The highest BCUT2D eigenvalue weighted by atomic mass is 32.1. The molecule has 3 N–H and O–H groups in total. The number of hydrogen-bond donors (Lipinski definition) is 2. The van der Waals surface area contributed by atoms with Crippen molar-refractivity contribution in [2.75, 3.05) is 44.0 Å².